The highest BCUT2D eigenvalue weighted by Gasteiger charge is 2.23. The molecule has 1 unspecified atom stereocenters. The van der Waals surface area contributed by atoms with Crippen molar-refractivity contribution in [2.24, 2.45) is 5.73 Å². The Kier molecular flexibility index (Phi) is 11.5. The zero-order chi connectivity index (χ0) is 17.5. The smallest absolute Gasteiger partial charge is 0.407 e. The van der Waals surface area contributed by atoms with Gasteiger partial charge in [0.2, 0.25) is 6.08 Å². The summed E-state index contributed by atoms with van der Waals surface area (Å²) in [6.07, 6.45) is 0.418. The molecule has 0 aliphatic carbocycles. The lowest BCUT2D eigenvalue weighted by Crippen LogP contribution is -2.44. The number of nitrogens with one attached hydrogen (secondary N) is 2. The average molecular weight is 323 g/mol. The van der Waals surface area contributed by atoms with E-state index in [2.05, 4.69) is 5.32 Å². The molecule has 4 N–H and O–H groups in total. The molecular formula is C15H21N3O5. The van der Waals surface area contributed by atoms with Crippen LogP contribution >= 0.6 is 0 Å². The number of amides is 1. The normalized spacial score (nSPS) is 10.3. The van der Waals surface area contributed by atoms with Gasteiger partial charge in [0, 0.05) is 13.0 Å². The molecule has 0 heterocycles. The number of isocyanates is 1. The molecule has 126 valence electrons. The molecule has 1 aromatic carbocycles. The van der Waals surface area contributed by atoms with Crippen molar-refractivity contribution < 1.29 is 23.9 Å². The first-order valence-corrected chi connectivity index (χ1v) is 6.96. The van der Waals surface area contributed by atoms with E-state index in [-0.39, 0.29) is 19.8 Å². The van der Waals surface area contributed by atoms with Gasteiger partial charge in [-0.1, -0.05) is 30.3 Å². The van der Waals surface area contributed by atoms with Crippen LogP contribution in [-0.2, 0) is 25.5 Å². The van der Waals surface area contributed by atoms with Crippen LogP contribution in [0.15, 0.2) is 30.3 Å². The minimum absolute atomic E-state index is 0.104. The second-order valence-corrected chi connectivity index (χ2v) is 4.17. The first-order chi connectivity index (χ1) is 11.1. The number of hydrogen-bond donors (Lipinski definition) is 3. The molecule has 0 radical (unpaired) electrons. The van der Waals surface area contributed by atoms with Crippen LogP contribution in [0.5, 0.6) is 0 Å². The summed E-state index contributed by atoms with van der Waals surface area (Å²) in [5, 5.41) is 7.90. The zero-order valence-corrected chi connectivity index (χ0v) is 12.9. The van der Waals surface area contributed by atoms with Gasteiger partial charge in [-0.25, -0.2) is 19.8 Å². The van der Waals surface area contributed by atoms with Gasteiger partial charge in [0.05, 0.1) is 6.61 Å². The van der Waals surface area contributed by atoms with E-state index in [9.17, 15) is 9.59 Å². The number of benzene rings is 1. The van der Waals surface area contributed by atoms with Crippen LogP contribution < -0.4 is 11.1 Å². The third-order valence-corrected chi connectivity index (χ3v) is 2.50. The highest BCUT2D eigenvalue weighted by atomic mass is 16.6. The number of ether oxygens (including phenoxy) is 2. The van der Waals surface area contributed by atoms with Crippen molar-refractivity contribution >= 4 is 18.1 Å². The van der Waals surface area contributed by atoms with Crippen molar-refractivity contribution in [2.45, 2.75) is 19.4 Å². The van der Waals surface area contributed by atoms with Crippen molar-refractivity contribution in [3.05, 3.63) is 35.9 Å². The van der Waals surface area contributed by atoms with Crippen LogP contribution in [0.2, 0.25) is 0 Å². The zero-order valence-electron chi connectivity index (χ0n) is 12.9. The number of hydrogen-bond acceptors (Lipinski definition) is 7. The van der Waals surface area contributed by atoms with Crippen LogP contribution in [0.25, 0.3) is 0 Å². The van der Waals surface area contributed by atoms with Crippen LogP contribution in [0.3, 0.4) is 0 Å². The van der Waals surface area contributed by atoms with Crippen molar-refractivity contribution in [3.63, 3.8) is 0 Å². The quantitative estimate of drug-likeness (QED) is 0.385. The van der Waals surface area contributed by atoms with E-state index in [1.165, 1.54) is 0 Å². The predicted octanol–water partition coefficient (Wildman–Crippen LogP) is 0.747. The Balaban J connectivity index is 0.00000149. The second-order valence-electron chi connectivity index (χ2n) is 4.17. The fraction of sp³-hybridized carbons (Fsp3) is 0.400. The molecule has 0 saturated carbocycles. The largest absolute Gasteiger partial charge is 0.464 e. The lowest BCUT2D eigenvalue weighted by Gasteiger charge is -2.17. The Bertz CT molecular complexity index is 501. The molecule has 0 fully saturated rings. The summed E-state index contributed by atoms with van der Waals surface area (Å²) in [6.45, 7) is 2.30. The first kappa shape index (κ1) is 20.3. The summed E-state index contributed by atoms with van der Waals surface area (Å²) in [5.74, 6) is -0.485. The number of carbonyl (C=O) groups is 2. The van der Waals surface area contributed by atoms with Crippen LogP contribution in [-0.4, -0.2) is 43.9 Å². The van der Waals surface area contributed by atoms with Crippen molar-refractivity contribution in [1.29, 1.82) is 5.41 Å². The Morgan fingerprint density at radius 1 is 1.30 bits per heavy atom. The molecule has 23 heavy (non-hydrogen) atoms. The van der Waals surface area contributed by atoms with Crippen LogP contribution in [0.4, 0.5) is 4.79 Å². The summed E-state index contributed by atoms with van der Waals surface area (Å²) in [7, 11) is 0. The van der Waals surface area contributed by atoms with E-state index in [4.69, 9.17) is 25.4 Å². The Labute approximate surface area is 134 Å². The van der Waals surface area contributed by atoms with E-state index in [1.807, 2.05) is 30.3 Å². The Morgan fingerprint density at radius 2 is 1.91 bits per heavy atom. The highest BCUT2D eigenvalue weighted by Crippen LogP contribution is 2.05. The highest BCUT2D eigenvalue weighted by molar-refractivity contribution is 5.81. The topological polar surface area (TPSA) is 132 Å². The van der Waals surface area contributed by atoms with Gasteiger partial charge < -0.3 is 20.5 Å². The summed E-state index contributed by atoms with van der Waals surface area (Å²) in [5.41, 5.74) is 6.16. The van der Waals surface area contributed by atoms with E-state index in [1.54, 1.807) is 6.92 Å². The van der Waals surface area contributed by atoms with Crippen LogP contribution in [0, 0.1) is 5.41 Å². The minimum Gasteiger partial charge on any atom is -0.464 e. The third-order valence-electron chi connectivity index (χ3n) is 2.50. The lowest BCUT2D eigenvalue weighted by atomic mass is 10.1. The Morgan fingerprint density at radius 3 is 2.43 bits per heavy atom. The molecule has 1 rings (SSSR count). The molecule has 0 aliphatic heterocycles. The van der Waals surface area contributed by atoms with Gasteiger partial charge in [-0.05, 0) is 12.5 Å². The summed E-state index contributed by atoms with van der Waals surface area (Å²) in [6, 6.07) is 8.58. The molecular weight excluding hydrogens is 302 g/mol. The number of esters is 1. The van der Waals surface area contributed by atoms with Crippen molar-refractivity contribution in [2.75, 3.05) is 19.8 Å². The lowest BCUT2D eigenvalue weighted by molar-refractivity contribution is -0.145. The molecule has 0 aromatic heterocycles. The average Bonchev–Trinajstić information content (AvgIpc) is 2.54. The molecule has 1 atom stereocenters. The minimum atomic E-state index is -0.775. The molecule has 1 aromatic rings. The van der Waals surface area contributed by atoms with Gasteiger partial charge in [-0.3, -0.25) is 0 Å². The number of rotatable bonds is 7. The SMILES string of the molecule is CCOC(=O)C(Cc1ccccc1)NC(=O)OCCN.N=C=O. The van der Waals surface area contributed by atoms with E-state index < -0.39 is 18.1 Å². The van der Waals surface area contributed by atoms with Gasteiger partial charge in [-0.15, -0.1) is 0 Å². The van der Waals surface area contributed by atoms with E-state index in [0.29, 0.717) is 6.42 Å². The molecule has 0 bridgehead atoms. The maximum Gasteiger partial charge on any atom is 0.407 e. The van der Waals surface area contributed by atoms with Gasteiger partial charge in [0.15, 0.2) is 0 Å². The van der Waals surface area contributed by atoms with Crippen LogP contribution in [0.1, 0.15) is 12.5 Å². The van der Waals surface area contributed by atoms with Gasteiger partial charge in [0.1, 0.15) is 12.6 Å². The fourth-order valence-corrected chi connectivity index (χ4v) is 1.62. The molecule has 0 saturated heterocycles. The van der Waals surface area contributed by atoms with Gasteiger partial charge in [0.25, 0.3) is 0 Å². The maximum atomic E-state index is 11.8. The van der Waals surface area contributed by atoms with Gasteiger partial charge in [-0.2, -0.15) is 0 Å². The predicted molar refractivity (Wildman–Crippen MR) is 82.5 cm³/mol. The molecule has 8 nitrogen and oxygen atoms in total. The van der Waals surface area contributed by atoms with Crippen molar-refractivity contribution in [3.8, 4) is 0 Å². The number of alkyl carbamates (subject to hydrolysis) is 1. The van der Waals surface area contributed by atoms with E-state index in [0.717, 1.165) is 11.6 Å². The third kappa shape index (κ3) is 9.78. The first-order valence-electron chi connectivity index (χ1n) is 6.96. The number of carbonyl (C=O) groups excluding carboxylic acids is 3. The summed E-state index contributed by atoms with van der Waals surface area (Å²) >= 11 is 0. The second kappa shape index (κ2) is 13.0. The Hall–Kier alpha value is -2.70. The molecule has 0 aliphatic rings. The summed E-state index contributed by atoms with van der Waals surface area (Å²) in [4.78, 5) is 31.7. The number of nitrogens with two attached hydrogens (primary N) is 1. The maximum absolute atomic E-state index is 11.8. The fourth-order valence-electron chi connectivity index (χ4n) is 1.62. The standard InChI is InChI=1S/C14H20N2O4.CHNO/c1-2-19-13(17)12(16-14(18)20-9-8-15)10-11-6-4-3-5-7-11;2-1-3/h3-7,12H,2,8-10,15H2,1H3,(H,16,18);2H. The van der Waals surface area contributed by atoms with E-state index >= 15 is 0 Å². The van der Waals surface area contributed by atoms with Gasteiger partial charge >= 0.3 is 12.1 Å². The van der Waals surface area contributed by atoms with Crippen molar-refractivity contribution in [1.82, 2.24) is 5.32 Å². The monoisotopic (exact) mass is 323 g/mol. The molecule has 8 heteroatoms. The summed E-state index contributed by atoms with van der Waals surface area (Å²) < 4.78 is 9.75. The molecule has 1 amide bonds. The molecule has 0 spiro atoms.